The van der Waals surface area contributed by atoms with Crippen molar-refractivity contribution in [2.45, 2.75) is 0 Å². The van der Waals surface area contributed by atoms with Gasteiger partial charge in [-0.1, -0.05) is 28.1 Å². The number of ether oxygens (including phenoxy) is 2. The Balaban J connectivity index is 2.13. The summed E-state index contributed by atoms with van der Waals surface area (Å²) in [7, 11) is 1.32. The highest BCUT2D eigenvalue weighted by Crippen LogP contribution is 2.24. The lowest BCUT2D eigenvalue weighted by Crippen LogP contribution is -2.15. The summed E-state index contributed by atoms with van der Waals surface area (Å²) < 4.78 is 10.7. The van der Waals surface area contributed by atoms with Crippen molar-refractivity contribution in [2.75, 3.05) is 13.7 Å². The lowest BCUT2D eigenvalue weighted by atomic mass is 10.1. The number of ketones is 1. The van der Waals surface area contributed by atoms with Crippen LogP contribution in [0.25, 0.3) is 0 Å². The molecule has 2 aromatic rings. The van der Waals surface area contributed by atoms with Gasteiger partial charge in [0, 0.05) is 22.2 Å². The van der Waals surface area contributed by atoms with Crippen molar-refractivity contribution in [3.8, 4) is 5.75 Å². The smallest absolute Gasteiger partial charge is 0.342 e. The number of halogens is 1. The molecule has 0 bridgehead atoms. The average Bonchev–Trinajstić information content (AvgIpc) is 2.58. The highest BCUT2D eigenvalue weighted by atomic mass is 79.9. The molecule has 0 radical (unpaired) electrons. The minimum absolute atomic E-state index is 0.117. The predicted octanol–water partition coefficient (Wildman–Crippen LogP) is 3.41. The maximum absolute atomic E-state index is 12.1. The molecule has 0 aliphatic rings. The molecule has 0 atom stereocenters. The second kappa shape index (κ2) is 7.69. The first-order valence-corrected chi connectivity index (χ1v) is 7.50. The Morgan fingerprint density at radius 2 is 1.96 bits per heavy atom. The third-order valence-electron chi connectivity index (χ3n) is 3.09. The number of hydrogen-bond acceptors (Lipinski definition) is 6. The number of carbonyl (C=O) groups excluding carboxylic acids is 2. The molecular weight excluding hydrogens is 382 g/mol. The summed E-state index contributed by atoms with van der Waals surface area (Å²) in [4.78, 5) is 34.3. The third kappa shape index (κ3) is 4.17. The summed E-state index contributed by atoms with van der Waals surface area (Å²) >= 11 is 3.25. The number of esters is 1. The zero-order valence-corrected chi connectivity index (χ0v) is 14.1. The van der Waals surface area contributed by atoms with Crippen molar-refractivity contribution < 1.29 is 24.0 Å². The molecule has 0 aliphatic carbocycles. The Bertz CT molecular complexity index is 805. The lowest BCUT2D eigenvalue weighted by molar-refractivity contribution is -0.384. The van der Waals surface area contributed by atoms with E-state index in [9.17, 15) is 19.7 Å². The van der Waals surface area contributed by atoms with E-state index in [-0.39, 0.29) is 17.0 Å². The molecule has 0 aliphatic heterocycles. The fraction of sp³-hybridized carbons (Fsp3) is 0.125. The van der Waals surface area contributed by atoms with Crippen molar-refractivity contribution in [3.63, 3.8) is 0 Å². The predicted molar refractivity (Wildman–Crippen MR) is 88.4 cm³/mol. The van der Waals surface area contributed by atoms with Gasteiger partial charge in [-0.3, -0.25) is 14.9 Å². The first kappa shape index (κ1) is 17.6. The van der Waals surface area contributed by atoms with Crippen LogP contribution < -0.4 is 4.74 Å². The number of hydrogen-bond donors (Lipinski definition) is 0. The minimum Gasteiger partial charge on any atom is -0.496 e. The second-order valence-electron chi connectivity index (χ2n) is 4.65. The molecule has 0 fully saturated rings. The van der Waals surface area contributed by atoms with E-state index in [0.29, 0.717) is 5.56 Å². The van der Waals surface area contributed by atoms with Crippen molar-refractivity contribution in [1.29, 1.82) is 0 Å². The van der Waals surface area contributed by atoms with Gasteiger partial charge >= 0.3 is 5.97 Å². The van der Waals surface area contributed by atoms with Crippen LogP contribution in [0.2, 0.25) is 0 Å². The van der Waals surface area contributed by atoms with Gasteiger partial charge in [0.1, 0.15) is 11.3 Å². The zero-order chi connectivity index (χ0) is 17.7. The molecule has 124 valence electrons. The molecule has 7 nitrogen and oxygen atoms in total. The lowest BCUT2D eigenvalue weighted by Gasteiger charge is -2.08. The molecule has 0 unspecified atom stereocenters. The summed E-state index contributed by atoms with van der Waals surface area (Å²) in [6.45, 7) is -0.485. The summed E-state index contributed by atoms with van der Waals surface area (Å²) in [5.41, 5.74) is -0.0157. The molecular formula is C16H12BrNO6. The number of methoxy groups -OCH3 is 1. The fourth-order valence-corrected chi connectivity index (χ4v) is 2.32. The van der Waals surface area contributed by atoms with E-state index in [1.807, 2.05) is 0 Å². The normalized spacial score (nSPS) is 10.1. The summed E-state index contributed by atoms with van der Waals surface area (Å²) in [5, 5.41) is 10.8. The third-order valence-corrected chi connectivity index (χ3v) is 3.59. The number of Topliss-reactive ketones (excluding diaryl/α,β-unsaturated/α-hetero) is 1. The highest BCUT2D eigenvalue weighted by Gasteiger charge is 2.20. The van der Waals surface area contributed by atoms with E-state index in [1.54, 1.807) is 24.3 Å². The Morgan fingerprint density at radius 3 is 2.58 bits per heavy atom. The molecule has 0 N–H and O–H groups in total. The first-order valence-electron chi connectivity index (χ1n) is 6.70. The molecule has 0 saturated heterocycles. The van der Waals surface area contributed by atoms with E-state index in [2.05, 4.69) is 15.9 Å². The molecule has 0 heterocycles. The highest BCUT2D eigenvalue weighted by molar-refractivity contribution is 9.10. The number of nitro groups is 1. The quantitative estimate of drug-likeness (QED) is 0.323. The number of benzene rings is 2. The number of rotatable bonds is 6. The fourth-order valence-electron chi connectivity index (χ4n) is 1.92. The monoisotopic (exact) mass is 393 g/mol. The van der Waals surface area contributed by atoms with Crippen LogP contribution in [0.3, 0.4) is 0 Å². The molecule has 0 amide bonds. The minimum atomic E-state index is -0.876. The van der Waals surface area contributed by atoms with Crippen LogP contribution >= 0.6 is 15.9 Å². The molecule has 2 rings (SSSR count). The summed E-state index contributed by atoms with van der Waals surface area (Å²) in [5.74, 6) is -1.14. The molecule has 0 spiro atoms. The van der Waals surface area contributed by atoms with Crippen LogP contribution in [0.15, 0.2) is 46.9 Å². The van der Waals surface area contributed by atoms with Crippen molar-refractivity contribution in [3.05, 3.63) is 68.2 Å². The Kier molecular flexibility index (Phi) is 5.64. The number of nitro benzene ring substituents is 1. The van der Waals surface area contributed by atoms with Gasteiger partial charge in [0.25, 0.3) is 5.69 Å². The van der Waals surface area contributed by atoms with E-state index in [4.69, 9.17) is 9.47 Å². The Labute approximate surface area is 145 Å². The summed E-state index contributed by atoms with van der Waals surface area (Å²) in [6.07, 6.45) is 0. The van der Waals surface area contributed by atoms with Crippen LogP contribution in [-0.4, -0.2) is 30.4 Å². The van der Waals surface area contributed by atoms with Crippen molar-refractivity contribution in [2.24, 2.45) is 0 Å². The van der Waals surface area contributed by atoms with Crippen molar-refractivity contribution in [1.82, 2.24) is 0 Å². The number of nitrogens with zero attached hydrogens (tertiary/aromatic N) is 1. The van der Waals surface area contributed by atoms with Gasteiger partial charge in [0.2, 0.25) is 0 Å². The van der Waals surface area contributed by atoms with E-state index in [0.717, 1.165) is 10.5 Å². The van der Waals surface area contributed by atoms with Crippen LogP contribution in [-0.2, 0) is 4.74 Å². The molecule has 24 heavy (non-hydrogen) atoms. The molecule has 2 aromatic carbocycles. The van der Waals surface area contributed by atoms with E-state index < -0.39 is 23.3 Å². The maximum Gasteiger partial charge on any atom is 0.342 e. The standard InChI is InChI=1S/C16H12BrNO6/c1-23-15-6-5-12(18(21)22)8-13(15)16(20)24-9-14(19)10-3-2-4-11(17)7-10/h2-8H,9H2,1H3. The van der Waals surface area contributed by atoms with Crippen LogP contribution in [0.4, 0.5) is 5.69 Å². The zero-order valence-electron chi connectivity index (χ0n) is 12.5. The Morgan fingerprint density at radius 1 is 1.21 bits per heavy atom. The first-order chi connectivity index (χ1) is 11.4. The largest absolute Gasteiger partial charge is 0.496 e. The number of carbonyl (C=O) groups is 2. The van der Waals surface area contributed by atoms with Gasteiger partial charge < -0.3 is 9.47 Å². The molecule has 0 aromatic heterocycles. The van der Waals surface area contributed by atoms with Gasteiger partial charge in [0.15, 0.2) is 12.4 Å². The molecule has 0 saturated carbocycles. The van der Waals surface area contributed by atoms with Crippen LogP contribution in [0.1, 0.15) is 20.7 Å². The van der Waals surface area contributed by atoms with Gasteiger partial charge in [-0.15, -0.1) is 0 Å². The summed E-state index contributed by atoms with van der Waals surface area (Å²) in [6, 6.07) is 10.2. The second-order valence-corrected chi connectivity index (χ2v) is 5.57. The topological polar surface area (TPSA) is 95.7 Å². The van der Waals surface area contributed by atoms with Crippen LogP contribution in [0.5, 0.6) is 5.75 Å². The van der Waals surface area contributed by atoms with E-state index >= 15 is 0 Å². The van der Waals surface area contributed by atoms with Gasteiger partial charge in [-0.05, 0) is 18.2 Å². The Hall–Kier alpha value is -2.74. The van der Waals surface area contributed by atoms with E-state index in [1.165, 1.54) is 19.2 Å². The van der Waals surface area contributed by atoms with Gasteiger partial charge in [-0.2, -0.15) is 0 Å². The van der Waals surface area contributed by atoms with Gasteiger partial charge in [-0.25, -0.2) is 4.79 Å². The van der Waals surface area contributed by atoms with Crippen molar-refractivity contribution >= 4 is 33.4 Å². The average molecular weight is 394 g/mol. The maximum atomic E-state index is 12.1. The molecule has 8 heteroatoms. The van der Waals surface area contributed by atoms with Gasteiger partial charge in [0.05, 0.1) is 12.0 Å². The van der Waals surface area contributed by atoms with Crippen LogP contribution in [0, 0.1) is 10.1 Å². The number of non-ortho nitro benzene ring substituents is 1. The SMILES string of the molecule is COc1ccc([N+](=O)[O-])cc1C(=O)OCC(=O)c1cccc(Br)c1.